The predicted octanol–water partition coefficient (Wildman–Crippen LogP) is 3.37. The molecule has 3 heterocycles. The standard InChI is InChI=1S/C27H32N4O4/c1-19-23(16-29(2)28-19)17-30-12-10-27(11-13-30)24(26(33)34-3)15-25(32)31(27)35-18-20-8-9-21-6-4-5-7-22(21)14-20/h4-9,14,16,24H,10-13,15,17-18H2,1-3H3. The van der Waals surface area contributed by atoms with Crippen molar-refractivity contribution < 1.29 is 19.2 Å². The first-order valence-corrected chi connectivity index (χ1v) is 12.1. The third-order valence-corrected chi connectivity index (χ3v) is 7.55. The molecule has 0 bridgehead atoms. The number of nitrogens with zero attached hydrogens (tertiary/aromatic N) is 4. The number of carbonyl (C=O) groups excluding carboxylic acids is 2. The van der Waals surface area contributed by atoms with Crippen LogP contribution in [0.1, 0.15) is 36.1 Å². The summed E-state index contributed by atoms with van der Waals surface area (Å²) in [5.74, 6) is -1.02. The minimum Gasteiger partial charge on any atom is -0.469 e. The number of likely N-dealkylation sites (tertiary alicyclic amines) is 1. The lowest BCUT2D eigenvalue weighted by atomic mass is 9.77. The van der Waals surface area contributed by atoms with E-state index in [-0.39, 0.29) is 24.9 Å². The third-order valence-electron chi connectivity index (χ3n) is 7.55. The van der Waals surface area contributed by atoms with Crippen LogP contribution in [0.2, 0.25) is 0 Å². The predicted molar refractivity (Wildman–Crippen MR) is 131 cm³/mol. The molecule has 1 aromatic heterocycles. The number of amides is 1. The first kappa shape index (κ1) is 23.5. The number of rotatable bonds is 6. The molecule has 0 aliphatic carbocycles. The lowest BCUT2D eigenvalue weighted by Gasteiger charge is -2.45. The number of benzene rings is 2. The van der Waals surface area contributed by atoms with Crippen molar-refractivity contribution in [1.82, 2.24) is 19.7 Å². The number of hydrogen-bond acceptors (Lipinski definition) is 6. The molecular weight excluding hydrogens is 444 g/mol. The fourth-order valence-corrected chi connectivity index (χ4v) is 5.65. The van der Waals surface area contributed by atoms with Gasteiger partial charge in [-0.25, -0.2) is 5.06 Å². The first-order valence-electron chi connectivity index (χ1n) is 12.1. The Kier molecular flexibility index (Phi) is 6.34. The monoisotopic (exact) mass is 476 g/mol. The van der Waals surface area contributed by atoms with Crippen LogP contribution in [0, 0.1) is 12.8 Å². The van der Waals surface area contributed by atoms with Gasteiger partial charge in [-0.1, -0.05) is 36.4 Å². The SMILES string of the molecule is COC(=O)C1CC(=O)N(OCc2ccc3ccccc3c2)C12CCN(Cc1cn(C)nc1C)CC2. The molecule has 0 saturated carbocycles. The van der Waals surface area contributed by atoms with Crippen LogP contribution in [-0.2, 0) is 39.4 Å². The lowest BCUT2D eigenvalue weighted by Crippen LogP contribution is -2.57. The van der Waals surface area contributed by atoms with Crippen molar-refractivity contribution >= 4 is 22.6 Å². The van der Waals surface area contributed by atoms with Crippen molar-refractivity contribution in [3.05, 3.63) is 65.5 Å². The second kappa shape index (κ2) is 9.43. The Hall–Kier alpha value is -3.23. The third kappa shape index (κ3) is 4.44. The molecule has 2 saturated heterocycles. The Morgan fingerprint density at radius 3 is 2.57 bits per heavy atom. The van der Waals surface area contributed by atoms with Gasteiger partial charge in [0.05, 0.1) is 24.3 Å². The topological polar surface area (TPSA) is 76.9 Å². The lowest BCUT2D eigenvalue weighted by molar-refractivity contribution is -0.229. The molecule has 5 rings (SSSR count). The summed E-state index contributed by atoms with van der Waals surface area (Å²) in [6, 6.07) is 14.3. The molecule has 2 aliphatic rings. The molecule has 35 heavy (non-hydrogen) atoms. The van der Waals surface area contributed by atoms with E-state index in [9.17, 15) is 9.59 Å². The Morgan fingerprint density at radius 1 is 1.14 bits per heavy atom. The molecule has 1 atom stereocenters. The number of fused-ring (bicyclic) bond motifs is 1. The molecule has 2 aromatic carbocycles. The second-order valence-electron chi connectivity index (χ2n) is 9.72. The number of methoxy groups -OCH3 is 1. The van der Waals surface area contributed by atoms with Gasteiger partial charge in [-0.3, -0.25) is 24.0 Å². The summed E-state index contributed by atoms with van der Waals surface area (Å²) in [4.78, 5) is 34.4. The van der Waals surface area contributed by atoms with E-state index < -0.39 is 11.5 Å². The number of esters is 1. The van der Waals surface area contributed by atoms with Crippen molar-refractivity contribution in [2.24, 2.45) is 13.0 Å². The molecule has 8 nitrogen and oxygen atoms in total. The van der Waals surface area contributed by atoms with E-state index in [4.69, 9.17) is 9.57 Å². The van der Waals surface area contributed by atoms with Gasteiger partial charge < -0.3 is 4.74 Å². The average Bonchev–Trinajstić information content (AvgIpc) is 3.32. The molecule has 1 unspecified atom stereocenters. The van der Waals surface area contributed by atoms with Crippen molar-refractivity contribution in [3.63, 3.8) is 0 Å². The quantitative estimate of drug-likeness (QED) is 0.508. The maximum atomic E-state index is 13.1. The van der Waals surface area contributed by atoms with Crippen molar-refractivity contribution in [1.29, 1.82) is 0 Å². The van der Waals surface area contributed by atoms with Gasteiger partial charge in [0.25, 0.3) is 0 Å². The highest BCUT2D eigenvalue weighted by molar-refractivity contribution is 5.88. The maximum Gasteiger partial charge on any atom is 0.311 e. The Bertz CT molecular complexity index is 1240. The number of piperidine rings is 1. The fourth-order valence-electron chi connectivity index (χ4n) is 5.65. The zero-order valence-electron chi connectivity index (χ0n) is 20.6. The van der Waals surface area contributed by atoms with Crippen molar-refractivity contribution in [3.8, 4) is 0 Å². The molecule has 0 N–H and O–H groups in total. The van der Waals surface area contributed by atoms with Crippen LogP contribution in [0.3, 0.4) is 0 Å². The Labute approximate surface area is 205 Å². The van der Waals surface area contributed by atoms with E-state index in [1.165, 1.54) is 17.7 Å². The smallest absolute Gasteiger partial charge is 0.311 e. The molecule has 0 radical (unpaired) electrons. The summed E-state index contributed by atoms with van der Waals surface area (Å²) in [6.45, 7) is 4.59. The fraction of sp³-hybridized carbons (Fsp3) is 0.444. The van der Waals surface area contributed by atoms with E-state index in [1.807, 2.05) is 36.9 Å². The van der Waals surface area contributed by atoms with Gasteiger partial charge in [-0.15, -0.1) is 0 Å². The van der Waals surface area contributed by atoms with Gasteiger partial charge >= 0.3 is 5.97 Å². The number of hydrogen-bond donors (Lipinski definition) is 0. The number of carbonyl (C=O) groups is 2. The normalized spacial score (nSPS) is 20.1. The van der Waals surface area contributed by atoms with Crippen LogP contribution in [0.5, 0.6) is 0 Å². The highest BCUT2D eigenvalue weighted by atomic mass is 16.7. The van der Waals surface area contributed by atoms with Gasteiger partial charge in [0.2, 0.25) is 5.91 Å². The van der Waals surface area contributed by atoms with Gasteiger partial charge in [0, 0.05) is 44.9 Å². The van der Waals surface area contributed by atoms with E-state index in [0.717, 1.165) is 41.7 Å². The van der Waals surface area contributed by atoms with Crippen LogP contribution in [0.25, 0.3) is 10.8 Å². The van der Waals surface area contributed by atoms with E-state index in [1.54, 1.807) is 0 Å². The Balaban J connectivity index is 1.33. The molecular formula is C27H32N4O4. The van der Waals surface area contributed by atoms with Gasteiger partial charge in [-0.05, 0) is 42.2 Å². The highest BCUT2D eigenvalue weighted by Gasteiger charge is 2.58. The molecule has 2 aliphatic heterocycles. The molecule has 3 aromatic rings. The minimum absolute atomic E-state index is 0.117. The van der Waals surface area contributed by atoms with Gasteiger partial charge in [0.1, 0.15) is 6.61 Å². The van der Waals surface area contributed by atoms with E-state index in [0.29, 0.717) is 12.8 Å². The molecule has 2 fully saturated rings. The largest absolute Gasteiger partial charge is 0.469 e. The van der Waals surface area contributed by atoms with Crippen LogP contribution in [0.4, 0.5) is 0 Å². The van der Waals surface area contributed by atoms with Gasteiger partial charge in [-0.2, -0.15) is 5.10 Å². The van der Waals surface area contributed by atoms with Crippen molar-refractivity contribution in [2.75, 3.05) is 20.2 Å². The summed E-state index contributed by atoms with van der Waals surface area (Å²) in [5, 5.41) is 8.24. The number of aromatic nitrogens is 2. The average molecular weight is 477 g/mol. The summed E-state index contributed by atoms with van der Waals surface area (Å²) < 4.78 is 6.95. The van der Waals surface area contributed by atoms with Crippen LogP contribution >= 0.6 is 0 Å². The summed E-state index contributed by atoms with van der Waals surface area (Å²) in [6.07, 6.45) is 3.46. The number of ether oxygens (including phenoxy) is 1. The molecule has 184 valence electrons. The van der Waals surface area contributed by atoms with E-state index >= 15 is 0 Å². The molecule has 1 spiro atoms. The second-order valence-corrected chi connectivity index (χ2v) is 9.72. The maximum absolute atomic E-state index is 13.1. The highest BCUT2D eigenvalue weighted by Crippen LogP contribution is 2.45. The van der Waals surface area contributed by atoms with Crippen LogP contribution in [0.15, 0.2) is 48.7 Å². The van der Waals surface area contributed by atoms with Crippen LogP contribution in [-0.4, -0.2) is 57.4 Å². The zero-order valence-corrected chi connectivity index (χ0v) is 20.6. The number of aryl methyl sites for hydroxylation is 2. The molecule has 8 heteroatoms. The number of hydroxylamine groups is 2. The first-order chi connectivity index (χ1) is 16.9. The summed E-state index contributed by atoms with van der Waals surface area (Å²) >= 11 is 0. The Morgan fingerprint density at radius 2 is 1.89 bits per heavy atom. The molecule has 1 amide bonds. The summed E-state index contributed by atoms with van der Waals surface area (Å²) in [5.41, 5.74) is 2.51. The summed E-state index contributed by atoms with van der Waals surface area (Å²) in [7, 11) is 3.32. The van der Waals surface area contributed by atoms with Gasteiger partial charge in [0.15, 0.2) is 0 Å². The van der Waals surface area contributed by atoms with E-state index in [2.05, 4.69) is 40.5 Å². The van der Waals surface area contributed by atoms with Crippen LogP contribution < -0.4 is 0 Å². The minimum atomic E-state index is -0.693. The van der Waals surface area contributed by atoms with Crippen molar-refractivity contribution in [2.45, 2.75) is 44.9 Å². The zero-order chi connectivity index (χ0) is 24.6.